The molecule has 0 amide bonds. The summed E-state index contributed by atoms with van der Waals surface area (Å²) in [5, 5.41) is 3.76. The van der Waals surface area contributed by atoms with Crippen LogP contribution in [0.15, 0.2) is 24.3 Å². The molecule has 0 bridgehead atoms. The molecule has 0 saturated carbocycles. The molecule has 1 aliphatic carbocycles. The zero-order valence-electron chi connectivity index (χ0n) is 10.7. The highest BCUT2D eigenvalue weighted by Gasteiger charge is 2.23. The minimum absolute atomic E-state index is 0.679. The molecule has 1 fully saturated rings. The van der Waals surface area contributed by atoms with Crippen LogP contribution >= 0.6 is 0 Å². The summed E-state index contributed by atoms with van der Waals surface area (Å²) >= 11 is 0. The number of hydrogen-bond acceptors (Lipinski definition) is 2. The van der Waals surface area contributed by atoms with Crippen LogP contribution < -0.4 is 5.32 Å². The van der Waals surface area contributed by atoms with Gasteiger partial charge in [-0.15, -0.1) is 0 Å². The number of nitrogens with one attached hydrogen (secondary N) is 1. The van der Waals surface area contributed by atoms with Crippen LogP contribution in [0.25, 0.3) is 0 Å². The summed E-state index contributed by atoms with van der Waals surface area (Å²) in [5.41, 5.74) is 3.10. The first kappa shape index (κ1) is 11.2. The number of benzene rings is 1. The van der Waals surface area contributed by atoms with E-state index in [1.54, 1.807) is 11.1 Å². The third-order valence-corrected chi connectivity index (χ3v) is 4.24. The molecule has 92 valence electrons. The zero-order chi connectivity index (χ0) is 11.7. The fourth-order valence-corrected chi connectivity index (χ4v) is 3.23. The monoisotopic (exact) mass is 230 g/mol. The Hall–Kier alpha value is -0.860. The first-order valence-electron chi connectivity index (χ1n) is 6.80. The standard InChI is InChI=1S/C15H22N2/c1-17-7-6-12(11-17)10-16-15-8-13-4-2-3-5-14(13)9-15/h2-5,12,15-16H,6-11H2,1H3. The predicted molar refractivity (Wildman–Crippen MR) is 71.2 cm³/mol. The maximum atomic E-state index is 3.76. The lowest BCUT2D eigenvalue weighted by Crippen LogP contribution is -2.34. The Morgan fingerprint density at radius 2 is 1.94 bits per heavy atom. The highest BCUT2D eigenvalue weighted by atomic mass is 15.1. The van der Waals surface area contributed by atoms with Crippen LogP contribution in [-0.4, -0.2) is 37.6 Å². The van der Waals surface area contributed by atoms with Gasteiger partial charge < -0.3 is 10.2 Å². The van der Waals surface area contributed by atoms with Gasteiger partial charge in [-0.05, 0) is 56.4 Å². The Kier molecular flexibility index (Phi) is 3.17. The summed E-state index contributed by atoms with van der Waals surface area (Å²) < 4.78 is 0. The average Bonchev–Trinajstić information content (AvgIpc) is 2.91. The smallest absolute Gasteiger partial charge is 0.0148 e. The van der Waals surface area contributed by atoms with Gasteiger partial charge in [-0.3, -0.25) is 0 Å². The van der Waals surface area contributed by atoms with E-state index in [1.165, 1.54) is 38.9 Å². The Balaban J connectivity index is 1.49. The summed E-state index contributed by atoms with van der Waals surface area (Å²) in [4.78, 5) is 2.44. The third kappa shape index (κ3) is 2.53. The Morgan fingerprint density at radius 1 is 1.24 bits per heavy atom. The minimum atomic E-state index is 0.679. The van der Waals surface area contributed by atoms with Gasteiger partial charge in [0.25, 0.3) is 0 Å². The molecule has 1 heterocycles. The minimum Gasteiger partial charge on any atom is -0.313 e. The second kappa shape index (κ2) is 4.79. The van der Waals surface area contributed by atoms with Crippen LogP contribution in [0.2, 0.25) is 0 Å². The molecule has 0 aromatic heterocycles. The quantitative estimate of drug-likeness (QED) is 0.850. The van der Waals surface area contributed by atoms with Gasteiger partial charge in [-0.1, -0.05) is 24.3 Å². The van der Waals surface area contributed by atoms with Gasteiger partial charge in [0, 0.05) is 12.6 Å². The predicted octanol–water partition coefficient (Wildman–Crippen LogP) is 1.70. The summed E-state index contributed by atoms with van der Waals surface area (Å²) in [6, 6.07) is 9.55. The molecule has 2 aliphatic rings. The van der Waals surface area contributed by atoms with Gasteiger partial charge in [-0.2, -0.15) is 0 Å². The van der Waals surface area contributed by atoms with Gasteiger partial charge in [0.15, 0.2) is 0 Å². The zero-order valence-corrected chi connectivity index (χ0v) is 10.7. The van der Waals surface area contributed by atoms with Gasteiger partial charge in [0.05, 0.1) is 0 Å². The fraction of sp³-hybridized carbons (Fsp3) is 0.600. The Labute approximate surface area is 104 Å². The summed E-state index contributed by atoms with van der Waals surface area (Å²) in [6.07, 6.45) is 3.81. The molecule has 1 aliphatic heterocycles. The first-order chi connectivity index (χ1) is 8.31. The van der Waals surface area contributed by atoms with E-state index in [0.29, 0.717) is 6.04 Å². The lowest BCUT2D eigenvalue weighted by molar-refractivity contribution is 0.379. The van der Waals surface area contributed by atoms with Crippen LogP contribution in [0.5, 0.6) is 0 Å². The number of likely N-dealkylation sites (tertiary alicyclic amines) is 1. The lowest BCUT2D eigenvalue weighted by atomic mass is 10.1. The van der Waals surface area contributed by atoms with Crippen LogP contribution in [0.1, 0.15) is 17.5 Å². The normalized spacial score (nSPS) is 25.4. The first-order valence-corrected chi connectivity index (χ1v) is 6.80. The molecule has 2 nitrogen and oxygen atoms in total. The van der Waals surface area contributed by atoms with Crippen molar-refractivity contribution in [3.05, 3.63) is 35.4 Å². The highest BCUT2D eigenvalue weighted by molar-refractivity contribution is 5.33. The number of hydrogen-bond donors (Lipinski definition) is 1. The molecule has 0 radical (unpaired) electrons. The highest BCUT2D eigenvalue weighted by Crippen LogP contribution is 2.22. The Morgan fingerprint density at radius 3 is 2.53 bits per heavy atom. The van der Waals surface area contributed by atoms with Gasteiger partial charge >= 0.3 is 0 Å². The van der Waals surface area contributed by atoms with Crippen molar-refractivity contribution in [2.75, 3.05) is 26.7 Å². The van der Waals surface area contributed by atoms with Crippen molar-refractivity contribution < 1.29 is 0 Å². The molecule has 3 rings (SSSR count). The van der Waals surface area contributed by atoms with Crippen LogP contribution in [-0.2, 0) is 12.8 Å². The fourth-order valence-electron chi connectivity index (χ4n) is 3.23. The second-order valence-electron chi connectivity index (χ2n) is 5.70. The Bertz CT molecular complexity index is 363. The van der Waals surface area contributed by atoms with E-state index in [0.717, 1.165) is 5.92 Å². The van der Waals surface area contributed by atoms with Crippen LogP contribution in [0.3, 0.4) is 0 Å². The average molecular weight is 230 g/mol. The summed E-state index contributed by atoms with van der Waals surface area (Å²) in [7, 11) is 2.23. The summed E-state index contributed by atoms with van der Waals surface area (Å²) in [5.74, 6) is 0.865. The van der Waals surface area contributed by atoms with Crippen molar-refractivity contribution in [2.45, 2.75) is 25.3 Å². The van der Waals surface area contributed by atoms with Gasteiger partial charge in [0.1, 0.15) is 0 Å². The second-order valence-corrected chi connectivity index (χ2v) is 5.70. The van der Waals surface area contributed by atoms with E-state index in [2.05, 4.69) is 41.5 Å². The lowest BCUT2D eigenvalue weighted by Gasteiger charge is -2.16. The van der Waals surface area contributed by atoms with E-state index in [4.69, 9.17) is 0 Å². The van der Waals surface area contributed by atoms with Crippen molar-refractivity contribution in [3.63, 3.8) is 0 Å². The SMILES string of the molecule is CN1CCC(CNC2Cc3ccccc3C2)C1. The molecule has 1 saturated heterocycles. The topological polar surface area (TPSA) is 15.3 Å². The maximum absolute atomic E-state index is 3.76. The molecule has 2 heteroatoms. The van der Waals surface area contributed by atoms with E-state index >= 15 is 0 Å². The molecule has 1 aromatic rings. The van der Waals surface area contributed by atoms with Crippen molar-refractivity contribution in [1.29, 1.82) is 0 Å². The summed E-state index contributed by atoms with van der Waals surface area (Å²) in [6.45, 7) is 3.74. The molecule has 0 spiro atoms. The number of fused-ring (bicyclic) bond motifs is 1. The molecule has 1 unspecified atom stereocenters. The molecular formula is C15H22N2. The third-order valence-electron chi connectivity index (χ3n) is 4.24. The van der Waals surface area contributed by atoms with Crippen LogP contribution in [0.4, 0.5) is 0 Å². The van der Waals surface area contributed by atoms with E-state index in [9.17, 15) is 0 Å². The van der Waals surface area contributed by atoms with Crippen molar-refractivity contribution in [3.8, 4) is 0 Å². The van der Waals surface area contributed by atoms with E-state index in [-0.39, 0.29) is 0 Å². The van der Waals surface area contributed by atoms with Gasteiger partial charge in [0.2, 0.25) is 0 Å². The maximum Gasteiger partial charge on any atom is 0.0148 e. The number of rotatable bonds is 3. The van der Waals surface area contributed by atoms with Crippen molar-refractivity contribution in [2.24, 2.45) is 5.92 Å². The largest absolute Gasteiger partial charge is 0.313 e. The van der Waals surface area contributed by atoms with E-state index in [1.807, 2.05) is 0 Å². The van der Waals surface area contributed by atoms with Crippen LogP contribution in [0, 0.1) is 5.92 Å². The molecular weight excluding hydrogens is 208 g/mol. The van der Waals surface area contributed by atoms with Crippen molar-refractivity contribution >= 4 is 0 Å². The molecule has 1 aromatic carbocycles. The number of nitrogens with zero attached hydrogens (tertiary/aromatic N) is 1. The molecule has 17 heavy (non-hydrogen) atoms. The van der Waals surface area contributed by atoms with Gasteiger partial charge in [-0.25, -0.2) is 0 Å². The van der Waals surface area contributed by atoms with E-state index < -0.39 is 0 Å². The molecule has 1 atom stereocenters. The van der Waals surface area contributed by atoms with Crippen molar-refractivity contribution in [1.82, 2.24) is 10.2 Å². The molecule has 1 N–H and O–H groups in total.